The molecule has 0 aliphatic carbocycles. The highest BCUT2D eigenvalue weighted by Crippen LogP contribution is 2.71. The van der Waals surface area contributed by atoms with Crippen LogP contribution in [-0.2, 0) is 0 Å². The van der Waals surface area contributed by atoms with E-state index in [-0.39, 0.29) is 7.92 Å². The lowest BCUT2D eigenvalue weighted by Gasteiger charge is -2.54. The quantitative estimate of drug-likeness (QED) is 0.119. The molecule has 0 bridgehead atoms. The summed E-state index contributed by atoms with van der Waals surface area (Å²) in [5.74, 6) is 0. The van der Waals surface area contributed by atoms with Crippen molar-refractivity contribution >= 4 is 7.92 Å². The summed E-state index contributed by atoms with van der Waals surface area (Å²) < 4.78 is 0. The van der Waals surface area contributed by atoms with Crippen LogP contribution in [0, 0.1) is 0 Å². The van der Waals surface area contributed by atoms with Gasteiger partial charge in [0, 0.05) is 0 Å². The minimum absolute atomic E-state index is 0.0639. The van der Waals surface area contributed by atoms with E-state index in [9.17, 15) is 0 Å². The molecule has 188 valence electrons. The molecule has 0 atom stereocenters. The normalized spacial score (nSPS) is 13.4. The number of hydrogen-bond donors (Lipinski definition) is 0. The maximum Gasteiger partial charge on any atom is -0.0141 e. The Bertz CT molecular complexity index is 345. The third-order valence-corrected chi connectivity index (χ3v) is 11.8. The molecule has 0 saturated carbocycles. The molecule has 0 aromatic heterocycles. The third kappa shape index (κ3) is 13.7. The van der Waals surface area contributed by atoms with Crippen molar-refractivity contribution in [3.05, 3.63) is 0 Å². The van der Waals surface area contributed by atoms with Crippen LogP contribution in [0.3, 0.4) is 0 Å². The van der Waals surface area contributed by atoms with E-state index in [2.05, 4.69) is 62.3 Å². The molecule has 0 N–H and O–H groups in total. The molecule has 0 saturated heterocycles. The van der Waals surface area contributed by atoms with Gasteiger partial charge in [-0.3, -0.25) is 0 Å². The summed E-state index contributed by atoms with van der Waals surface area (Å²) in [6.45, 7) is 22.9. The maximum atomic E-state index is 2.65. The molecular weight excluding hydrogens is 391 g/mol. The Morgan fingerprint density at radius 2 is 0.581 bits per heavy atom. The second-order valence-corrected chi connectivity index (χ2v) is 16.6. The summed E-state index contributed by atoms with van der Waals surface area (Å²) in [6.07, 6.45) is 25.5. The van der Waals surface area contributed by atoms with E-state index in [0.717, 1.165) is 0 Å². The summed E-state index contributed by atoms with van der Waals surface area (Å²) in [6, 6.07) is 0. The van der Waals surface area contributed by atoms with E-state index < -0.39 is 0 Å². The Hall–Kier alpha value is 0.430. The van der Waals surface area contributed by atoms with Crippen LogP contribution >= 0.6 is 7.92 Å². The van der Waals surface area contributed by atoms with Gasteiger partial charge in [-0.05, 0) is 34.7 Å². The van der Waals surface area contributed by atoms with Gasteiger partial charge in [-0.1, -0.05) is 167 Å². The van der Waals surface area contributed by atoms with Crippen molar-refractivity contribution in [1.29, 1.82) is 0 Å². The molecule has 0 unspecified atom stereocenters. The topological polar surface area (TPSA) is 0 Å². The Morgan fingerprint density at radius 3 is 0.806 bits per heavy atom. The average Bonchev–Trinajstić information content (AvgIpc) is 2.66. The predicted molar refractivity (Wildman–Crippen MR) is 149 cm³/mol. The lowest BCUT2D eigenvalue weighted by atomic mass is 10.0. The highest BCUT2D eigenvalue weighted by Gasteiger charge is 2.47. The van der Waals surface area contributed by atoms with Crippen molar-refractivity contribution < 1.29 is 0 Å². The van der Waals surface area contributed by atoms with E-state index in [0.29, 0.717) is 15.5 Å². The summed E-state index contributed by atoms with van der Waals surface area (Å²) in [7, 11) is -0.0639. The average molecular weight is 455 g/mol. The summed E-state index contributed by atoms with van der Waals surface area (Å²) >= 11 is 0. The monoisotopic (exact) mass is 454 g/mol. The second kappa shape index (κ2) is 17.0. The van der Waals surface area contributed by atoms with E-state index in [4.69, 9.17) is 0 Å². The smallest absolute Gasteiger partial charge is 0.0141 e. The Morgan fingerprint density at radius 1 is 0.355 bits per heavy atom. The van der Waals surface area contributed by atoms with Crippen molar-refractivity contribution in [2.24, 2.45) is 0 Å². The molecule has 0 radical (unpaired) electrons. The Balaban J connectivity index is 5.23. The highest BCUT2D eigenvalue weighted by atomic mass is 31.1. The number of unbranched alkanes of at least 4 members (excludes halogenated alkanes) is 12. The van der Waals surface area contributed by atoms with Crippen molar-refractivity contribution in [2.45, 2.75) is 193 Å². The maximum absolute atomic E-state index is 2.65. The number of hydrogen-bond acceptors (Lipinski definition) is 0. The van der Waals surface area contributed by atoms with Crippen LogP contribution in [0.5, 0.6) is 0 Å². The van der Waals surface area contributed by atoms with Gasteiger partial charge in [-0.25, -0.2) is 0 Å². The van der Waals surface area contributed by atoms with Crippen LogP contribution < -0.4 is 0 Å². The summed E-state index contributed by atoms with van der Waals surface area (Å²) in [5.41, 5.74) is 0. The summed E-state index contributed by atoms with van der Waals surface area (Å²) in [4.78, 5) is 0. The first-order chi connectivity index (χ1) is 14.5. The zero-order valence-electron chi connectivity index (χ0n) is 23.7. The molecule has 0 heterocycles. The third-order valence-electron chi connectivity index (χ3n) is 7.49. The van der Waals surface area contributed by atoms with Gasteiger partial charge in [0.15, 0.2) is 0 Å². The Kier molecular flexibility index (Phi) is 17.2. The minimum Gasteiger partial charge on any atom is -0.0893 e. The molecule has 0 aliphatic rings. The van der Waals surface area contributed by atoms with Gasteiger partial charge >= 0.3 is 0 Å². The zero-order valence-corrected chi connectivity index (χ0v) is 24.6. The molecule has 0 fully saturated rings. The first kappa shape index (κ1) is 31.4. The van der Waals surface area contributed by atoms with E-state index in [1.807, 2.05) is 0 Å². The van der Waals surface area contributed by atoms with Crippen LogP contribution in [0.1, 0.15) is 178 Å². The molecule has 0 nitrogen and oxygen atoms in total. The largest absolute Gasteiger partial charge is 0.0893 e. The second-order valence-electron chi connectivity index (χ2n) is 12.3. The van der Waals surface area contributed by atoms with E-state index >= 15 is 0 Å². The van der Waals surface area contributed by atoms with Gasteiger partial charge in [0.05, 0.1) is 0 Å². The van der Waals surface area contributed by atoms with E-state index in [1.54, 1.807) is 0 Å². The van der Waals surface area contributed by atoms with Gasteiger partial charge in [0.1, 0.15) is 0 Å². The van der Waals surface area contributed by atoms with Gasteiger partial charge in [0.2, 0.25) is 0 Å². The lowest BCUT2D eigenvalue weighted by Crippen LogP contribution is -2.40. The van der Waals surface area contributed by atoms with Crippen molar-refractivity contribution in [3.8, 4) is 0 Å². The summed E-state index contributed by atoms with van der Waals surface area (Å²) in [5, 5.41) is 1.46. The molecule has 0 aromatic rings. The van der Waals surface area contributed by atoms with Gasteiger partial charge < -0.3 is 0 Å². The van der Waals surface area contributed by atoms with Crippen LogP contribution in [-0.4, -0.2) is 15.5 Å². The standard InChI is InChI=1S/C30H63P/c1-10-13-16-19-22-25-28(4,5)31(29(6,7)26-23-20-17-14-11-2)30(8,9)27-24-21-18-15-12-3/h10-27H2,1-9H3. The minimum atomic E-state index is -0.0639. The zero-order chi connectivity index (χ0) is 23.8. The highest BCUT2D eigenvalue weighted by molar-refractivity contribution is 7.62. The molecule has 0 aromatic carbocycles. The van der Waals surface area contributed by atoms with Gasteiger partial charge in [-0.2, -0.15) is 0 Å². The van der Waals surface area contributed by atoms with Gasteiger partial charge in [-0.15, -0.1) is 0 Å². The first-order valence-electron chi connectivity index (χ1n) is 14.4. The van der Waals surface area contributed by atoms with Crippen molar-refractivity contribution in [1.82, 2.24) is 0 Å². The van der Waals surface area contributed by atoms with Crippen LogP contribution in [0.4, 0.5) is 0 Å². The molecule has 0 aliphatic heterocycles. The van der Waals surface area contributed by atoms with Crippen LogP contribution in [0.2, 0.25) is 0 Å². The van der Waals surface area contributed by atoms with E-state index in [1.165, 1.54) is 116 Å². The van der Waals surface area contributed by atoms with Crippen LogP contribution in [0.25, 0.3) is 0 Å². The van der Waals surface area contributed by atoms with Crippen molar-refractivity contribution in [2.75, 3.05) is 0 Å². The molecular formula is C30H63P. The number of rotatable bonds is 21. The molecule has 31 heavy (non-hydrogen) atoms. The fraction of sp³-hybridized carbons (Fsp3) is 1.00. The molecule has 0 spiro atoms. The van der Waals surface area contributed by atoms with Crippen LogP contribution in [0.15, 0.2) is 0 Å². The first-order valence-corrected chi connectivity index (χ1v) is 15.7. The van der Waals surface area contributed by atoms with Gasteiger partial charge in [0.25, 0.3) is 0 Å². The lowest BCUT2D eigenvalue weighted by molar-refractivity contribution is 0.471. The molecule has 1 heteroatoms. The van der Waals surface area contributed by atoms with Crippen molar-refractivity contribution in [3.63, 3.8) is 0 Å². The molecule has 0 rings (SSSR count). The molecule has 0 amide bonds. The predicted octanol–water partition coefficient (Wildman–Crippen LogP) is 11.9. The Labute approximate surface area is 201 Å². The fourth-order valence-electron chi connectivity index (χ4n) is 6.28. The SMILES string of the molecule is CCCCCCCC(C)(C)P(C(C)(C)CCCCCCC)C(C)(C)CCCCCCC. The fourth-order valence-corrected chi connectivity index (χ4v) is 12.3.